The molecule has 0 N–H and O–H groups in total. The summed E-state index contributed by atoms with van der Waals surface area (Å²) in [7, 11) is 0. The van der Waals surface area contributed by atoms with Gasteiger partial charge in [-0.15, -0.1) is 0 Å². The fourth-order valence-corrected chi connectivity index (χ4v) is 21.2. The van der Waals surface area contributed by atoms with Gasteiger partial charge in [-0.3, -0.25) is 0 Å². The molecule has 0 saturated heterocycles. The monoisotopic (exact) mass is 460 g/mol. The van der Waals surface area contributed by atoms with E-state index in [1.165, 1.54) is 66.2 Å². The molecule has 0 bridgehead atoms. The third kappa shape index (κ3) is 5.12. The number of hydrogen-bond donors (Lipinski definition) is 0. The standard InChI is InChI=1S/C12H9O.3C4H9.Sn/c1-9(13)11-7-6-10-4-2-3-5-12(10)8-11;3*1-3-4-2;/h2-6,8H,1H3;3*1,3-4H2,2H3;. The molecule has 0 fully saturated rings. The maximum atomic E-state index is 12.6. The number of unbranched alkanes of at least 4 members (excludes halogenated alkanes) is 3. The van der Waals surface area contributed by atoms with E-state index in [0.717, 1.165) is 5.56 Å². The predicted octanol–water partition coefficient (Wildman–Crippen LogP) is 7.10. The van der Waals surface area contributed by atoms with E-state index in [2.05, 4.69) is 57.2 Å². The molecular weight excluding hydrogens is 423 g/mol. The number of carbonyl (C=O) groups is 1. The summed E-state index contributed by atoms with van der Waals surface area (Å²) in [5.74, 6) is 0.260. The van der Waals surface area contributed by atoms with E-state index in [9.17, 15) is 4.79 Å². The molecular formula is C24H36OSn. The van der Waals surface area contributed by atoms with Gasteiger partial charge < -0.3 is 0 Å². The average Bonchev–Trinajstić information content (AvgIpc) is 2.66. The van der Waals surface area contributed by atoms with Crippen molar-refractivity contribution in [1.82, 2.24) is 0 Å². The first-order valence-corrected chi connectivity index (χ1v) is 18.1. The molecule has 2 rings (SSSR count). The summed E-state index contributed by atoms with van der Waals surface area (Å²) in [5, 5.41) is 2.53. The van der Waals surface area contributed by atoms with Crippen molar-refractivity contribution in [3.8, 4) is 0 Å². The summed E-state index contributed by atoms with van der Waals surface area (Å²) < 4.78 is 5.75. The van der Waals surface area contributed by atoms with Crippen LogP contribution in [0.25, 0.3) is 10.8 Å². The molecule has 0 atom stereocenters. The zero-order valence-corrected chi connectivity index (χ0v) is 20.1. The Morgan fingerprint density at radius 3 is 1.69 bits per heavy atom. The van der Waals surface area contributed by atoms with Crippen molar-refractivity contribution in [3.05, 3.63) is 42.0 Å². The zero-order chi connectivity index (χ0) is 19.0. The Balaban J connectivity index is 2.65. The summed E-state index contributed by atoms with van der Waals surface area (Å²) in [6.45, 7) is 8.69. The normalized spacial score (nSPS) is 11.8. The second-order valence-corrected chi connectivity index (χ2v) is 21.0. The van der Waals surface area contributed by atoms with Crippen LogP contribution in [0.15, 0.2) is 36.4 Å². The summed E-state index contributed by atoms with van der Waals surface area (Å²) in [6.07, 6.45) is 7.77. The number of carbonyl (C=O) groups excluding carboxylic acids is 1. The fourth-order valence-electron chi connectivity index (χ4n) is 4.29. The second kappa shape index (κ2) is 10.5. The summed E-state index contributed by atoms with van der Waals surface area (Å²) in [6, 6.07) is 13.2. The minimum absolute atomic E-state index is 0.260. The molecule has 0 aliphatic heterocycles. The van der Waals surface area contributed by atoms with Gasteiger partial charge in [0.25, 0.3) is 0 Å². The molecule has 2 aromatic rings. The molecule has 0 unspecified atom stereocenters. The van der Waals surface area contributed by atoms with Crippen molar-refractivity contribution in [1.29, 1.82) is 0 Å². The van der Waals surface area contributed by atoms with Crippen LogP contribution in [0, 0.1) is 0 Å². The average molecular weight is 459 g/mol. The van der Waals surface area contributed by atoms with E-state index in [1.54, 1.807) is 6.92 Å². The van der Waals surface area contributed by atoms with E-state index >= 15 is 0 Å². The molecule has 1 nitrogen and oxygen atoms in total. The molecule has 0 spiro atoms. The number of ketones is 1. The summed E-state index contributed by atoms with van der Waals surface area (Å²) in [4.78, 5) is 12.6. The number of hydrogen-bond acceptors (Lipinski definition) is 1. The van der Waals surface area contributed by atoms with Crippen LogP contribution < -0.4 is 3.58 Å². The van der Waals surface area contributed by atoms with Crippen LogP contribution in [0.1, 0.15) is 76.6 Å². The molecule has 0 heterocycles. The first kappa shape index (κ1) is 21.5. The van der Waals surface area contributed by atoms with Gasteiger partial charge in [-0.1, -0.05) is 0 Å². The Labute approximate surface area is 164 Å². The van der Waals surface area contributed by atoms with Gasteiger partial charge in [-0.25, -0.2) is 0 Å². The van der Waals surface area contributed by atoms with Gasteiger partial charge in [0.2, 0.25) is 0 Å². The van der Waals surface area contributed by atoms with E-state index in [4.69, 9.17) is 0 Å². The molecule has 0 aliphatic rings. The van der Waals surface area contributed by atoms with Gasteiger partial charge in [0.15, 0.2) is 0 Å². The number of benzene rings is 2. The quantitative estimate of drug-likeness (QED) is 0.259. The topological polar surface area (TPSA) is 17.1 Å². The Hall–Kier alpha value is -0.831. The van der Waals surface area contributed by atoms with Gasteiger partial charge >= 0.3 is 165 Å². The van der Waals surface area contributed by atoms with Gasteiger partial charge in [0, 0.05) is 0 Å². The van der Waals surface area contributed by atoms with Crippen molar-refractivity contribution in [2.45, 2.75) is 79.5 Å². The van der Waals surface area contributed by atoms with Gasteiger partial charge in [-0.2, -0.15) is 0 Å². The van der Waals surface area contributed by atoms with Crippen molar-refractivity contribution in [2.24, 2.45) is 0 Å². The fraction of sp³-hybridized carbons (Fsp3) is 0.542. The third-order valence-corrected chi connectivity index (χ3v) is 21.5. The van der Waals surface area contributed by atoms with Crippen LogP contribution in [-0.2, 0) is 0 Å². The van der Waals surface area contributed by atoms with Crippen LogP contribution in [0.4, 0.5) is 0 Å². The van der Waals surface area contributed by atoms with Crippen LogP contribution in [0.3, 0.4) is 0 Å². The Morgan fingerprint density at radius 1 is 0.808 bits per heavy atom. The molecule has 2 aromatic carbocycles. The van der Waals surface area contributed by atoms with Gasteiger partial charge in [0.1, 0.15) is 0 Å². The van der Waals surface area contributed by atoms with E-state index in [1.807, 2.05) is 0 Å². The number of fused-ring (bicyclic) bond motifs is 1. The molecule has 0 aliphatic carbocycles. The van der Waals surface area contributed by atoms with E-state index < -0.39 is 18.4 Å². The van der Waals surface area contributed by atoms with Crippen LogP contribution >= 0.6 is 0 Å². The molecule has 0 saturated carbocycles. The van der Waals surface area contributed by atoms with E-state index in [-0.39, 0.29) is 5.78 Å². The molecule has 142 valence electrons. The summed E-state index contributed by atoms with van der Waals surface area (Å²) >= 11 is -2.61. The maximum absolute atomic E-state index is 12.6. The molecule has 0 aromatic heterocycles. The minimum atomic E-state index is -2.61. The first-order chi connectivity index (χ1) is 12.6. The first-order valence-electron chi connectivity index (χ1n) is 10.6. The van der Waals surface area contributed by atoms with E-state index in [0.29, 0.717) is 0 Å². The predicted molar refractivity (Wildman–Crippen MR) is 118 cm³/mol. The van der Waals surface area contributed by atoms with Crippen molar-refractivity contribution >= 4 is 38.5 Å². The third-order valence-electron chi connectivity index (χ3n) is 5.86. The summed E-state index contributed by atoms with van der Waals surface area (Å²) in [5.41, 5.74) is 1.04. The SMILES string of the molecule is CCC[CH2][Sn]([CH2]CCC)([CH2]CCC)[c]1cc2ccccc2cc1C(C)=O. The molecule has 2 heteroatoms. The van der Waals surface area contributed by atoms with Crippen LogP contribution in [0.2, 0.25) is 13.3 Å². The Morgan fingerprint density at radius 2 is 1.27 bits per heavy atom. The number of rotatable bonds is 11. The van der Waals surface area contributed by atoms with Crippen molar-refractivity contribution < 1.29 is 4.79 Å². The molecule has 0 radical (unpaired) electrons. The zero-order valence-electron chi connectivity index (χ0n) is 17.2. The molecule has 26 heavy (non-hydrogen) atoms. The molecule has 0 amide bonds. The Bertz CT molecular complexity index is 697. The van der Waals surface area contributed by atoms with Crippen molar-refractivity contribution in [3.63, 3.8) is 0 Å². The Kier molecular flexibility index (Phi) is 8.66. The van der Waals surface area contributed by atoms with Gasteiger partial charge in [0.05, 0.1) is 0 Å². The second-order valence-electron chi connectivity index (χ2n) is 7.89. The van der Waals surface area contributed by atoms with Gasteiger partial charge in [-0.05, 0) is 0 Å². The number of Topliss-reactive ketones (excluding diaryl/α,β-unsaturated/α-hetero) is 1. The van der Waals surface area contributed by atoms with Crippen molar-refractivity contribution in [2.75, 3.05) is 0 Å². The van der Waals surface area contributed by atoms with Crippen LogP contribution in [-0.4, -0.2) is 24.2 Å². The van der Waals surface area contributed by atoms with Crippen LogP contribution in [0.5, 0.6) is 0 Å².